The van der Waals surface area contributed by atoms with E-state index in [1.54, 1.807) is 24.3 Å². The Bertz CT molecular complexity index is 784. The number of anilines is 1. The second-order valence-electron chi connectivity index (χ2n) is 7.27. The van der Waals surface area contributed by atoms with E-state index < -0.39 is 0 Å². The fourth-order valence-electron chi connectivity index (χ4n) is 3.01. The minimum atomic E-state index is -0.0135. The third-order valence-corrected chi connectivity index (χ3v) is 4.74. The zero-order valence-electron chi connectivity index (χ0n) is 15.4. The van der Waals surface area contributed by atoms with Crippen LogP contribution in [0.3, 0.4) is 0 Å². The highest BCUT2D eigenvalue weighted by molar-refractivity contribution is 5.92. The van der Waals surface area contributed by atoms with Gasteiger partial charge in [0.2, 0.25) is 5.91 Å². The number of amides is 1. The normalized spacial score (nSPS) is 13.7. The summed E-state index contributed by atoms with van der Waals surface area (Å²) < 4.78 is 0. The van der Waals surface area contributed by atoms with E-state index in [1.165, 1.54) is 11.1 Å². The molecule has 0 unspecified atom stereocenters. The molecule has 0 radical (unpaired) electrons. The summed E-state index contributed by atoms with van der Waals surface area (Å²) in [6, 6.07) is 18.2. The van der Waals surface area contributed by atoms with E-state index in [2.05, 4.69) is 54.4 Å². The Morgan fingerprint density at radius 2 is 1.81 bits per heavy atom. The molecule has 0 bridgehead atoms. The summed E-state index contributed by atoms with van der Waals surface area (Å²) in [7, 11) is 0. The van der Waals surface area contributed by atoms with Gasteiger partial charge in [-0.1, -0.05) is 38.1 Å². The van der Waals surface area contributed by atoms with Gasteiger partial charge in [-0.2, -0.15) is 5.26 Å². The number of rotatable bonds is 7. The fourth-order valence-corrected chi connectivity index (χ4v) is 3.01. The van der Waals surface area contributed by atoms with Gasteiger partial charge in [0.05, 0.1) is 18.2 Å². The van der Waals surface area contributed by atoms with E-state index in [0.29, 0.717) is 24.1 Å². The predicted molar refractivity (Wildman–Crippen MR) is 104 cm³/mol. The van der Waals surface area contributed by atoms with Crippen molar-refractivity contribution >= 4 is 11.6 Å². The highest BCUT2D eigenvalue weighted by Crippen LogP contribution is 2.28. The number of carbonyl (C=O) groups excluding carboxylic acids is 1. The smallest absolute Gasteiger partial charge is 0.238 e. The lowest BCUT2D eigenvalue weighted by atomic mass is 10.0. The maximum Gasteiger partial charge on any atom is 0.238 e. The third-order valence-electron chi connectivity index (χ3n) is 4.74. The summed E-state index contributed by atoms with van der Waals surface area (Å²) in [5.74, 6) is 0.516. The van der Waals surface area contributed by atoms with Gasteiger partial charge in [0.15, 0.2) is 0 Å². The number of nitrogens with one attached hydrogen (secondary N) is 1. The molecular formula is C22H25N3O. The molecule has 1 N–H and O–H groups in total. The van der Waals surface area contributed by atoms with E-state index in [4.69, 9.17) is 5.26 Å². The van der Waals surface area contributed by atoms with Gasteiger partial charge >= 0.3 is 0 Å². The van der Waals surface area contributed by atoms with E-state index in [0.717, 1.165) is 25.1 Å². The van der Waals surface area contributed by atoms with Gasteiger partial charge in [0.25, 0.3) is 0 Å². The Hall–Kier alpha value is -2.64. The summed E-state index contributed by atoms with van der Waals surface area (Å²) in [4.78, 5) is 14.7. The molecule has 134 valence electrons. The monoisotopic (exact) mass is 347 g/mol. The van der Waals surface area contributed by atoms with Crippen LogP contribution in [0.15, 0.2) is 48.5 Å². The summed E-state index contributed by atoms with van der Waals surface area (Å²) in [5.41, 5.74) is 3.90. The first-order valence-corrected chi connectivity index (χ1v) is 9.18. The lowest BCUT2D eigenvalue weighted by Crippen LogP contribution is -2.34. The van der Waals surface area contributed by atoms with Gasteiger partial charge < -0.3 is 5.32 Å². The van der Waals surface area contributed by atoms with Crippen molar-refractivity contribution < 1.29 is 4.79 Å². The molecule has 1 aliphatic carbocycles. The van der Waals surface area contributed by atoms with Crippen LogP contribution in [0.1, 0.15) is 49.3 Å². The van der Waals surface area contributed by atoms with Crippen molar-refractivity contribution in [3.8, 4) is 6.07 Å². The lowest BCUT2D eigenvalue weighted by molar-refractivity contribution is -0.117. The lowest BCUT2D eigenvalue weighted by Gasteiger charge is -2.22. The molecule has 1 amide bonds. The van der Waals surface area contributed by atoms with Crippen molar-refractivity contribution in [3.63, 3.8) is 0 Å². The van der Waals surface area contributed by atoms with E-state index in [-0.39, 0.29) is 5.91 Å². The Kier molecular flexibility index (Phi) is 5.70. The Morgan fingerprint density at radius 3 is 2.35 bits per heavy atom. The molecule has 0 aromatic heterocycles. The average Bonchev–Trinajstić information content (AvgIpc) is 3.47. The predicted octanol–water partition coefficient (Wildman–Crippen LogP) is 4.28. The van der Waals surface area contributed by atoms with Crippen molar-refractivity contribution in [1.82, 2.24) is 4.90 Å². The van der Waals surface area contributed by atoms with Gasteiger partial charge in [-0.15, -0.1) is 0 Å². The van der Waals surface area contributed by atoms with E-state index in [9.17, 15) is 4.79 Å². The molecule has 0 atom stereocenters. The zero-order valence-corrected chi connectivity index (χ0v) is 15.4. The molecular weight excluding hydrogens is 322 g/mol. The average molecular weight is 347 g/mol. The first-order chi connectivity index (χ1) is 12.5. The van der Waals surface area contributed by atoms with Crippen LogP contribution in [0.25, 0.3) is 0 Å². The first-order valence-electron chi connectivity index (χ1n) is 9.18. The quantitative estimate of drug-likeness (QED) is 0.813. The second-order valence-corrected chi connectivity index (χ2v) is 7.27. The van der Waals surface area contributed by atoms with Crippen LogP contribution in [0.4, 0.5) is 5.69 Å². The number of hydrogen-bond acceptors (Lipinski definition) is 3. The molecule has 0 aliphatic heterocycles. The van der Waals surface area contributed by atoms with E-state index >= 15 is 0 Å². The van der Waals surface area contributed by atoms with Crippen LogP contribution in [0.2, 0.25) is 0 Å². The molecule has 1 aliphatic rings. The molecule has 1 fully saturated rings. The SMILES string of the molecule is CC(C)c1ccc(CN(CC(=O)Nc2ccc(C#N)cc2)C2CC2)cc1. The molecule has 1 saturated carbocycles. The molecule has 2 aromatic rings. The fraction of sp³-hybridized carbons (Fsp3) is 0.364. The number of carbonyl (C=O) groups is 1. The number of benzene rings is 2. The van der Waals surface area contributed by atoms with Crippen LogP contribution < -0.4 is 5.32 Å². The van der Waals surface area contributed by atoms with Crippen LogP contribution in [-0.4, -0.2) is 23.4 Å². The molecule has 0 spiro atoms. The summed E-state index contributed by atoms with van der Waals surface area (Å²) in [6.45, 7) is 5.57. The maximum atomic E-state index is 12.4. The molecule has 2 aromatic carbocycles. The Labute approximate surface area is 155 Å². The molecule has 4 nitrogen and oxygen atoms in total. The molecule has 0 heterocycles. The van der Waals surface area contributed by atoms with Crippen LogP contribution in [0.5, 0.6) is 0 Å². The van der Waals surface area contributed by atoms with Gasteiger partial charge in [0, 0.05) is 18.3 Å². The maximum absolute atomic E-state index is 12.4. The largest absolute Gasteiger partial charge is 0.325 e. The second kappa shape index (κ2) is 8.16. The summed E-state index contributed by atoms with van der Waals surface area (Å²) in [6.07, 6.45) is 2.32. The molecule has 26 heavy (non-hydrogen) atoms. The number of nitriles is 1. The summed E-state index contributed by atoms with van der Waals surface area (Å²) >= 11 is 0. The minimum absolute atomic E-state index is 0.0135. The number of hydrogen-bond donors (Lipinski definition) is 1. The molecule has 4 heteroatoms. The highest BCUT2D eigenvalue weighted by atomic mass is 16.2. The van der Waals surface area contributed by atoms with Crippen molar-refractivity contribution in [3.05, 3.63) is 65.2 Å². The van der Waals surface area contributed by atoms with Gasteiger partial charge in [0.1, 0.15) is 0 Å². The minimum Gasteiger partial charge on any atom is -0.325 e. The molecule has 0 saturated heterocycles. The van der Waals surface area contributed by atoms with Gasteiger partial charge in [-0.3, -0.25) is 9.69 Å². The zero-order chi connectivity index (χ0) is 18.5. The van der Waals surface area contributed by atoms with Crippen LogP contribution in [0, 0.1) is 11.3 Å². The molecule has 3 rings (SSSR count). The Morgan fingerprint density at radius 1 is 1.15 bits per heavy atom. The van der Waals surface area contributed by atoms with Crippen molar-refractivity contribution in [2.75, 3.05) is 11.9 Å². The van der Waals surface area contributed by atoms with Gasteiger partial charge in [-0.25, -0.2) is 0 Å². The van der Waals surface area contributed by atoms with Crippen LogP contribution in [-0.2, 0) is 11.3 Å². The topological polar surface area (TPSA) is 56.1 Å². The van der Waals surface area contributed by atoms with Crippen molar-refractivity contribution in [1.29, 1.82) is 5.26 Å². The highest BCUT2D eigenvalue weighted by Gasteiger charge is 2.30. The third kappa shape index (κ3) is 4.93. The van der Waals surface area contributed by atoms with Crippen LogP contribution >= 0.6 is 0 Å². The standard InChI is InChI=1S/C22H25N3O/c1-16(2)19-7-3-18(4-8-19)14-25(21-11-12-21)15-22(26)24-20-9-5-17(13-23)6-10-20/h3-10,16,21H,11-12,14-15H2,1-2H3,(H,24,26). The van der Waals surface area contributed by atoms with Crippen molar-refractivity contribution in [2.45, 2.75) is 45.2 Å². The van der Waals surface area contributed by atoms with Crippen molar-refractivity contribution in [2.24, 2.45) is 0 Å². The summed E-state index contributed by atoms with van der Waals surface area (Å²) in [5, 5.41) is 11.8. The van der Waals surface area contributed by atoms with E-state index in [1.807, 2.05) is 0 Å². The number of nitrogens with zero attached hydrogens (tertiary/aromatic N) is 2. The Balaban J connectivity index is 1.59. The van der Waals surface area contributed by atoms with Gasteiger partial charge in [-0.05, 0) is 54.2 Å². The first kappa shape index (κ1) is 18.2.